The summed E-state index contributed by atoms with van der Waals surface area (Å²) in [6.07, 6.45) is 1.51. The van der Waals surface area contributed by atoms with E-state index >= 15 is 14.4 Å². The number of Topliss-reactive ketones (excluding diaryl/α,β-unsaturated/α-hetero) is 4. The zero-order valence-electron chi connectivity index (χ0n) is 58.4. The van der Waals surface area contributed by atoms with Gasteiger partial charge >= 0.3 is 36.4 Å². The molecule has 0 saturated heterocycles. The zero-order chi connectivity index (χ0) is 69.6. The van der Waals surface area contributed by atoms with E-state index < -0.39 is 129 Å². The van der Waals surface area contributed by atoms with Gasteiger partial charge in [0.2, 0.25) is 5.91 Å². The summed E-state index contributed by atoms with van der Waals surface area (Å²) in [7, 11) is 1.21. The fourth-order valence-corrected chi connectivity index (χ4v) is 9.58. The van der Waals surface area contributed by atoms with Gasteiger partial charge in [0.1, 0.15) is 51.4 Å². The number of amides is 6. The molecular weight excluding hydrogens is 1180 g/mol. The van der Waals surface area contributed by atoms with Crippen molar-refractivity contribution in [2.75, 3.05) is 46.4 Å². The molecule has 0 aromatic carbocycles. The molecule has 10 N–H and O–H groups in total. The molecule has 0 bridgehead atoms. The van der Waals surface area contributed by atoms with Gasteiger partial charge in [0.25, 0.3) is 0 Å². The minimum Gasteiger partial charge on any atom is -0.467 e. The molecule has 0 heterocycles. The van der Waals surface area contributed by atoms with Crippen molar-refractivity contribution in [3.8, 4) is 0 Å². The number of nitrogens with two attached hydrogens (primary N) is 2. The van der Waals surface area contributed by atoms with Gasteiger partial charge in [0.15, 0.2) is 5.78 Å². The molecule has 0 rings (SSSR count). The molecule has 0 aliphatic rings. The lowest BCUT2D eigenvalue weighted by Crippen LogP contribution is -2.45. The number of hydrogen-bond donors (Lipinski definition) is 8. The lowest BCUT2D eigenvalue weighted by atomic mass is 9.79. The standard InChI is InChI=1S/C66H120N8O17/c1-62(2,3)87-57(81)69-37-25-19-29-45(41-52(76)47(31-21-27-39-71-59(83)89-64(7,8)9)43-54(78)49(33-17-23-35-67)74-61(85)91-66(13,14)15)51(75)42-46(30-20-26-38-70-58(82)88-63(4,5)6)53(77)44-48(32-22-28-40-72-60(84)90-65(10,11)12)55(79)73-50(56(80)86-16)34-18-24-36-68/h45-50H,17-44,67-68H2,1-16H3,(H,69,81)(H,70,82)(H,71,83)(H,72,84)(H,73,79)(H,74,85)/t45?,46?,47?,48?,49-,50-/m0/s1. The maximum atomic E-state index is 15.2. The predicted molar refractivity (Wildman–Crippen MR) is 348 cm³/mol. The van der Waals surface area contributed by atoms with E-state index in [0.29, 0.717) is 90.1 Å². The molecule has 0 radical (unpaired) electrons. The van der Waals surface area contributed by atoms with Gasteiger partial charge in [-0.05, 0) is 207 Å². The van der Waals surface area contributed by atoms with Crippen LogP contribution in [0.5, 0.6) is 0 Å². The Morgan fingerprint density at radius 1 is 0.319 bits per heavy atom. The molecule has 0 aromatic rings. The van der Waals surface area contributed by atoms with E-state index in [1.807, 2.05) is 0 Å². The van der Waals surface area contributed by atoms with E-state index in [-0.39, 0.29) is 90.4 Å². The van der Waals surface area contributed by atoms with Gasteiger partial charge in [-0.1, -0.05) is 25.7 Å². The van der Waals surface area contributed by atoms with Crippen molar-refractivity contribution < 1.29 is 81.2 Å². The molecule has 0 saturated carbocycles. The first kappa shape index (κ1) is 84.9. The van der Waals surface area contributed by atoms with Crippen LogP contribution in [0.1, 0.15) is 245 Å². The summed E-state index contributed by atoms with van der Waals surface area (Å²) < 4.78 is 32.1. The number of nitrogens with one attached hydrogen (secondary N) is 6. The Labute approximate surface area is 543 Å². The summed E-state index contributed by atoms with van der Waals surface area (Å²) in [4.78, 5) is 150. The first-order valence-corrected chi connectivity index (χ1v) is 32.9. The van der Waals surface area contributed by atoms with Crippen molar-refractivity contribution in [1.29, 1.82) is 0 Å². The average Bonchev–Trinajstić information content (AvgIpc) is 1.46. The van der Waals surface area contributed by atoms with Crippen molar-refractivity contribution in [3.63, 3.8) is 0 Å². The van der Waals surface area contributed by atoms with Crippen LogP contribution < -0.4 is 43.4 Å². The largest absolute Gasteiger partial charge is 0.467 e. The van der Waals surface area contributed by atoms with Crippen LogP contribution in [0.3, 0.4) is 0 Å². The lowest BCUT2D eigenvalue weighted by Gasteiger charge is -2.26. The molecule has 526 valence electrons. The number of carbonyl (C=O) groups excluding carboxylic acids is 11. The van der Waals surface area contributed by atoms with Crippen molar-refractivity contribution in [1.82, 2.24) is 31.9 Å². The Kier molecular flexibility index (Phi) is 40.7. The molecule has 4 unspecified atom stereocenters. The third-order valence-electron chi connectivity index (χ3n) is 13.9. The Morgan fingerprint density at radius 3 is 0.879 bits per heavy atom. The van der Waals surface area contributed by atoms with E-state index in [0.717, 1.165) is 0 Å². The van der Waals surface area contributed by atoms with Crippen LogP contribution in [0, 0.1) is 23.7 Å². The normalized spacial score (nSPS) is 14.0. The van der Waals surface area contributed by atoms with Gasteiger partial charge in [-0.25, -0.2) is 28.8 Å². The summed E-state index contributed by atoms with van der Waals surface area (Å²) in [5.41, 5.74) is 7.68. The first-order chi connectivity index (χ1) is 42.2. The van der Waals surface area contributed by atoms with Gasteiger partial charge in [0, 0.05) is 75.5 Å². The molecule has 6 atom stereocenters. The molecule has 25 heteroatoms. The second kappa shape index (κ2) is 43.7. The maximum Gasteiger partial charge on any atom is 0.408 e. The third-order valence-corrected chi connectivity index (χ3v) is 13.9. The molecule has 25 nitrogen and oxygen atoms in total. The molecule has 0 spiro atoms. The SMILES string of the molecule is COC(=O)[C@H](CCCCN)NC(=O)C(CCCCNC(=O)OC(C)(C)C)CC(=O)C(CCCCNC(=O)OC(C)(C)C)CC(=O)C(CCCCNC(=O)OC(C)(C)C)CC(=O)C(CCCCNC(=O)OC(C)(C)C)CC(=O)[C@H](CCCCN)NC(=O)OC(C)(C)C. The van der Waals surface area contributed by atoms with Gasteiger partial charge < -0.3 is 71.8 Å². The number of methoxy groups -OCH3 is 1. The van der Waals surface area contributed by atoms with E-state index in [4.69, 9.17) is 39.9 Å². The Morgan fingerprint density at radius 2 is 0.582 bits per heavy atom. The highest BCUT2D eigenvalue weighted by molar-refractivity contribution is 5.96. The van der Waals surface area contributed by atoms with Gasteiger partial charge in [0.05, 0.1) is 13.2 Å². The number of ether oxygens (including phenoxy) is 6. The smallest absolute Gasteiger partial charge is 0.408 e. The first-order valence-electron chi connectivity index (χ1n) is 32.9. The van der Waals surface area contributed by atoms with Crippen LogP contribution in [0.4, 0.5) is 24.0 Å². The Hall–Kier alpha value is -6.11. The summed E-state index contributed by atoms with van der Waals surface area (Å²) in [5, 5.41) is 16.4. The van der Waals surface area contributed by atoms with Crippen LogP contribution in [0.25, 0.3) is 0 Å². The van der Waals surface area contributed by atoms with Crippen LogP contribution in [0.2, 0.25) is 0 Å². The number of ketones is 4. The van der Waals surface area contributed by atoms with E-state index in [2.05, 4.69) is 31.9 Å². The highest BCUT2D eigenvalue weighted by Crippen LogP contribution is 2.29. The monoisotopic (exact) mass is 1300 g/mol. The minimum atomic E-state index is -1.04. The Bertz CT molecular complexity index is 2250. The fourth-order valence-electron chi connectivity index (χ4n) is 9.58. The third kappa shape index (κ3) is 45.7. The summed E-state index contributed by atoms with van der Waals surface area (Å²) in [5.74, 6) is -6.88. The number of unbranched alkanes of at least 4 members (excludes halogenated alkanes) is 6. The lowest BCUT2D eigenvalue weighted by molar-refractivity contribution is -0.146. The van der Waals surface area contributed by atoms with E-state index in [1.54, 1.807) is 104 Å². The molecule has 0 fully saturated rings. The molecule has 0 aromatic heterocycles. The minimum absolute atomic E-state index is 0.143. The predicted octanol–water partition coefficient (Wildman–Crippen LogP) is 9.88. The van der Waals surface area contributed by atoms with Gasteiger partial charge in [-0.3, -0.25) is 24.0 Å². The number of hydrogen-bond acceptors (Lipinski definition) is 19. The van der Waals surface area contributed by atoms with Crippen molar-refractivity contribution >= 4 is 65.5 Å². The van der Waals surface area contributed by atoms with E-state index in [1.165, 1.54) is 7.11 Å². The highest BCUT2D eigenvalue weighted by atomic mass is 16.6. The molecule has 91 heavy (non-hydrogen) atoms. The molecule has 0 aliphatic heterocycles. The van der Waals surface area contributed by atoms with Crippen molar-refractivity contribution in [2.45, 2.75) is 285 Å². The number of alkyl carbamates (subject to hydrolysis) is 5. The maximum absolute atomic E-state index is 15.2. The number of carbonyl (C=O) groups is 11. The van der Waals surface area contributed by atoms with Crippen LogP contribution in [-0.4, -0.2) is 152 Å². The van der Waals surface area contributed by atoms with Crippen LogP contribution in [-0.2, 0) is 57.2 Å². The second-order valence-corrected chi connectivity index (χ2v) is 28.5. The summed E-state index contributed by atoms with van der Waals surface area (Å²) >= 11 is 0. The number of esters is 1. The average molecular weight is 1300 g/mol. The summed E-state index contributed by atoms with van der Waals surface area (Å²) in [6.45, 7) is 27.3. The van der Waals surface area contributed by atoms with E-state index in [9.17, 15) is 38.4 Å². The van der Waals surface area contributed by atoms with Crippen LogP contribution in [0.15, 0.2) is 0 Å². The Balaban J connectivity index is 7.61. The van der Waals surface area contributed by atoms with Crippen molar-refractivity contribution in [2.24, 2.45) is 35.1 Å². The number of rotatable bonds is 44. The van der Waals surface area contributed by atoms with Crippen LogP contribution >= 0.6 is 0 Å². The van der Waals surface area contributed by atoms with Gasteiger partial charge in [-0.2, -0.15) is 0 Å². The fraction of sp³-hybridized carbons (Fsp3) is 0.833. The highest BCUT2D eigenvalue weighted by Gasteiger charge is 2.35. The summed E-state index contributed by atoms with van der Waals surface area (Å²) in [6, 6.07) is -2.08. The van der Waals surface area contributed by atoms with Crippen molar-refractivity contribution in [3.05, 3.63) is 0 Å². The van der Waals surface area contributed by atoms with Gasteiger partial charge in [-0.15, -0.1) is 0 Å². The molecular formula is C66H120N8O17. The molecule has 0 aliphatic carbocycles. The zero-order valence-corrected chi connectivity index (χ0v) is 58.4. The molecule has 6 amide bonds. The topological polar surface area (TPSA) is 367 Å². The second-order valence-electron chi connectivity index (χ2n) is 28.5. The quantitative estimate of drug-likeness (QED) is 0.0160.